The lowest BCUT2D eigenvalue weighted by Crippen LogP contribution is -2.60. The first kappa shape index (κ1) is 44.5. The van der Waals surface area contributed by atoms with Crippen molar-refractivity contribution in [2.75, 3.05) is 21.2 Å². The van der Waals surface area contributed by atoms with Gasteiger partial charge in [0.15, 0.2) is 29.6 Å². The van der Waals surface area contributed by atoms with Crippen LogP contribution in [-0.4, -0.2) is 113 Å². The second kappa shape index (κ2) is 18.8. The van der Waals surface area contributed by atoms with Crippen molar-refractivity contribution >= 4 is 29.6 Å². The van der Waals surface area contributed by atoms with Crippen molar-refractivity contribution in [3.63, 3.8) is 0 Å². The van der Waals surface area contributed by atoms with E-state index in [9.17, 15) is 24.0 Å². The Bertz CT molecular complexity index is 1710. The van der Waals surface area contributed by atoms with E-state index in [-0.39, 0.29) is 42.8 Å². The summed E-state index contributed by atoms with van der Waals surface area (Å²) in [5, 5.41) is 0. The van der Waals surface area contributed by atoms with Crippen molar-refractivity contribution in [1.82, 2.24) is 14.5 Å². The van der Waals surface area contributed by atoms with Crippen LogP contribution in [0, 0.1) is 17.8 Å². The van der Waals surface area contributed by atoms with Crippen LogP contribution in [0.2, 0.25) is 0 Å². The van der Waals surface area contributed by atoms with Gasteiger partial charge in [-0.1, -0.05) is 45.9 Å². The third-order valence-electron chi connectivity index (χ3n) is 11.3. The molecular formula is C42H59N3O11. The normalized spacial score (nSPS) is 34.5. The highest BCUT2D eigenvalue weighted by atomic mass is 16.7. The molecule has 0 bridgehead atoms. The Hall–Kier alpha value is -4.24. The quantitative estimate of drug-likeness (QED) is 0.170. The average Bonchev–Trinajstić information content (AvgIpc) is 3.73. The summed E-state index contributed by atoms with van der Waals surface area (Å²) in [7, 11) is 5.22. The molecule has 2 aliphatic heterocycles. The number of methoxy groups -OCH3 is 1. The molecule has 11 atom stereocenters. The topological polar surface area (TPSA) is 162 Å². The highest BCUT2D eigenvalue weighted by Gasteiger charge is 2.51. The van der Waals surface area contributed by atoms with E-state index in [1.54, 1.807) is 78.0 Å². The lowest BCUT2D eigenvalue weighted by atomic mass is 9.76. The summed E-state index contributed by atoms with van der Waals surface area (Å²) in [6.45, 7) is 13.6. The third-order valence-corrected chi connectivity index (χ3v) is 11.3. The van der Waals surface area contributed by atoms with Gasteiger partial charge >= 0.3 is 18.0 Å². The van der Waals surface area contributed by atoms with Crippen molar-refractivity contribution in [3.05, 3.63) is 66.3 Å². The highest BCUT2D eigenvalue weighted by Crippen LogP contribution is 2.39. The molecule has 2 aliphatic rings. The fourth-order valence-electron chi connectivity index (χ4n) is 7.91. The molecule has 14 heteroatoms. The number of Topliss-reactive ketones (excluding diaryl/α,β-unsaturated/α-hetero) is 2. The fraction of sp³-hybridized carbons (Fsp3) is 0.619. The molecule has 1 saturated heterocycles. The van der Waals surface area contributed by atoms with Crippen LogP contribution in [0.3, 0.4) is 0 Å². The van der Waals surface area contributed by atoms with E-state index in [1.807, 2.05) is 25.9 Å². The van der Waals surface area contributed by atoms with Gasteiger partial charge in [-0.3, -0.25) is 14.4 Å². The number of nitrogens with zero attached hydrogens (tertiary/aromatic N) is 3. The number of carbonyl (C=O) groups is 5. The zero-order valence-electron chi connectivity index (χ0n) is 34.6. The van der Waals surface area contributed by atoms with Crippen LogP contribution in [0.25, 0.3) is 0 Å². The van der Waals surface area contributed by atoms with Crippen molar-refractivity contribution < 1.29 is 52.4 Å². The molecule has 4 rings (SSSR count). The molecule has 1 aromatic heterocycles. The number of esters is 2. The molecule has 3 heterocycles. The SMILES string of the molecule is CCC1OC(=O)C(C)C(=O)C(C)[C@@H](OC2OC(C)CC(N(C)C)[C@H]2OC(=O)c2ccccc2)[C@@](C)(OC)C[C@@H](C)C(=O)/C(C)=C/[C@]1(CC)OC(=O)n1ccnc1. The van der Waals surface area contributed by atoms with Gasteiger partial charge in [0.05, 0.1) is 29.4 Å². The first-order valence-electron chi connectivity index (χ1n) is 19.4. The van der Waals surface area contributed by atoms with Crippen LogP contribution in [0.15, 0.2) is 60.7 Å². The van der Waals surface area contributed by atoms with Crippen LogP contribution in [0.5, 0.6) is 0 Å². The van der Waals surface area contributed by atoms with E-state index >= 15 is 0 Å². The van der Waals surface area contributed by atoms with Gasteiger partial charge in [0, 0.05) is 31.3 Å². The first-order valence-corrected chi connectivity index (χ1v) is 19.4. The Morgan fingerprint density at radius 2 is 1.73 bits per heavy atom. The van der Waals surface area contributed by atoms with Crippen LogP contribution in [0.1, 0.15) is 91.4 Å². The maximum absolute atomic E-state index is 14.5. The van der Waals surface area contributed by atoms with E-state index in [0.29, 0.717) is 12.0 Å². The van der Waals surface area contributed by atoms with Gasteiger partial charge in [0.25, 0.3) is 0 Å². The number of ketones is 2. The van der Waals surface area contributed by atoms with Gasteiger partial charge in [0.1, 0.15) is 18.3 Å². The van der Waals surface area contributed by atoms with E-state index in [4.69, 9.17) is 28.4 Å². The molecule has 0 amide bonds. The van der Waals surface area contributed by atoms with E-state index < -0.39 is 77.4 Å². The summed E-state index contributed by atoms with van der Waals surface area (Å²) in [4.78, 5) is 75.4. The molecule has 308 valence electrons. The maximum atomic E-state index is 14.5. The zero-order valence-corrected chi connectivity index (χ0v) is 34.6. The molecule has 1 aromatic carbocycles. The van der Waals surface area contributed by atoms with Crippen LogP contribution in [0.4, 0.5) is 4.79 Å². The van der Waals surface area contributed by atoms with Crippen molar-refractivity contribution in [2.45, 2.75) is 129 Å². The largest absolute Gasteiger partial charge is 0.457 e. The Balaban J connectivity index is 1.80. The minimum Gasteiger partial charge on any atom is -0.457 e. The molecule has 0 radical (unpaired) electrons. The number of hydrogen-bond acceptors (Lipinski definition) is 13. The smallest absolute Gasteiger partial charge is 0.420 e. The summed E-state index contributed by atoms with van der Waals surface area (Å²) in [6.07, 6.45) is 1.25. The molecule has 0 N–H and O–H groups in total. The molecule has 0 aliphatic carbocycles. The van der Waals surface area contributed by atoms with Gasteiger partial charge in [-0.25, -0.2) is 19.1 Å². The van der Waals surface area contributed by atoms with E-state index in [1.165, 1.54) is 32.8 Å². The zero-order chi connectivity index (χ0) is 41.5. The maximum Gasteiger partial charge on any atom is 0.420 e. The number of likely N-dealkylation sites (N-methyl/N-ethyl adjacent to an activating group) is 1. The summed E-state index contributed by atoms with van der Waals surface area (Å²) in [5.74, 6) is -5.20. The predicted molar refractivity (Wildman–Crippen MR) is 206 cm³/mol. The molecule has 0 saturated carbocycles. The first-order chi connectivity index (χ1) is 26.4. The van der Waals surface area contributed by atoms with Crippen LogP contribution >= 0.6 is 0 Å². The lowest BCUT2D eigenvalue weighted by Gasteiger charge is -2.47. The summed E-state index contributed by atoms with van der Waals surface area (Å²) in [6, 6.07) is 8.26. The number of hydrogen-bond donors (Lipinski definition) is 0. The van der Waals surface area contributed by atoms with E-state index in [0.717, 1.165) is 4.57 Å². The van der Waals surface area contributed by atoms with Crippen molar-refractivity contribution in [1.29, 1.82) is 0 Å². The Kier molecular flexibility index (Phi) is 14.9. The summed E-state index contributed by atoms with van der Waals surface area (Å²) < 4.78 is 38.8. The molecule has 14 nitrogen and oxygen atoms in total. The molecule has 0 spiro atoms. The number of allylic oxidation sites excluding steroid dienone is 1. The number of ether oxygens (including phenoxy) is 6. The minimum atomic E-state index is -1.57. The Morgan fingerprint density at radius 1 is 1.05 bits per heavy atom. The van der Waals surface area contributed by atoms with Gasteiger partial charge in [-0.2, -0.15) is 0 Å². The predicted octanol–water partition coefficient (Wildman–Crippen LogP) is 5.82. The number of rotatable bonds is 9. The number of imidazole rings is 1. The number of benzene rings is 1. The lowest BCUT2D eigenvalue weighted by molar-refractivity contribution is -0.294. The molecule has 1 fully saturated rings. The minimum absolute atomic E-state index is 0.0770. The molecule has 2 aromatic rings. The second-order valence-corrected chi connectivity index (χ2v) is 15.6. The monoisotopic (exact) mass is 781 g/mol. The van der Waals surface area contributed by atoms with Crippen LogP contribution in [-0.2, 0) is 42.8 Å². The van der Waals surface area contributed by atoms with Gasteiger partial charge < -0.3 is 33.3 Å². The second-order valence-electron chi connectivity index (χ2n) is 15.6. The summed E-state index contributed by atoms with van der Waals surface area (Å²) in [5.41, 5.74) is -2.26. The van der Waals surface area contributed by atoms with Crippen molar-refractivity contribution in [2.24, 2.45) is 17.8 Å². The van der Waals surface area contributed by atoms with Gasteiger partial charge in [-0.15, -0.1) is 0 Å². The average molecular weight is 782 g/mol. The Labute approximate surface area is 330 Å². The number of carbonyl (C=O) groups excluding carboxylic acids is 5. The molecule has 56 heavy (non-hydrogen) atoms. The van der Waals surface area contributed by atoms with Crippen LogP contribution < -0.4 is 0 Å². The Morgan fingerprint density at radius 3 is 2.30 bits per heavy atom. The molecular weight excluding hydrogens is 722 g/mol. The number of cyclic esters (lactones) is 1. The highest BCUT2D eigenvalue weighted by molar-refractivity contribution is 6.00. The van der Waals surface area contributed by atoms with Gasteiger partial charge in [-0.05, 0) is 91.3 Å². The van der Waals surface area contributed by atoms with Gasteiger partial charge in [0.2, 0.25) is 0 Å². The van der Waals surface area contributed by atoms with E-state index in [2.05, 4.69) is 4.98 Å². The fourth-order valence-corrected chi connectivity index (χ4v) is 7.91. The number of aromatic nitrogens is 2. The third kappa shape index (κ3) is 9.82. The molecule has 6 unspecified atom stereocenters. The standard InChI is InChI=1S/C42H59N3O11/c1-12-32-42(13-2,56-40(50)45-20-19-43-24-45)23-26(4)33(46)25(3)22-41(8,51-11)36(28(6)34(47)29(7)37(48)53-32)55-39-35(31(44(9)10)21-27(5)52-39)54-38(49)30-17-15-14-16-18-30/h14-20,23-25,27-29,31-32,35-36,39H,12-13,21-22H2,1-11H3/b26-23+/t25-,27?,28?,29?,31?,32?,35-,36-,39?,41+,42+/m1/s1. The van der Waals surface area contributed by atoms with Crippen molar-refractivity contribution in [3.8, 4) is 0 Å². The summed E-state index contributed by atoms with van der Waals surface area (Å²) >= 11 is 0.